The molecular formula is C24H22F2N6O. The van der Waals surface area contributed by atoms with E-state index in [9.17, 15) is 13.6 Å². The monoisotopic (exact) mass is 448 g/mol. The summed E-state index contributed by atoms with van der Waals surface area (Å²) in [5.74, 6) is -2.42. The topological polar surface area (TPSA) is 99.9 Å². The Hall–Kier alpha value is -3.85. The van der Waals surface area contributed by atoms with Gasteiger partial charge in [0.2, 0.25) is 5.78 Å². The number of H-pyrrole nitrogens is 1. The van der Waals surface area contributed by atoms with Crippen molar-refractivity contribution < 1.29 is 13.6 Å². The Kier molecular flexibility index (Phi) is 5.47. The van der Waals surface area contributed by atoms with Gasteiger partial charge in [0.25, 0.3) is 0 Å². The Morgan fingerprint density at radius 2 is 2.00 bits per heavy atom. The minimum Gasteiger partial charge on any atom is -0.396 e. The molecule has 1 aliphatic rings. The molecule has 1 atom stereocenters. The van der Waals surface area contributed by atoms with Crippen LogP contribution in [0.3, 0.4) is 0 Å². The molecule has 0 spiro atoms. The maximum absolute atomic E-state index is 14.5. The van der Waals surface area contributed by atoms with E-state index in [1.54, 1.807) is 0 Å². The highest BCUT2D eigenvalue weighted by Gasteiger charge is 2.27. The predicted octanol–water partition coefficient (Wildman–Crippen LogP) is 3.74. The van der Waals surface area contributed by atoms with Crippen molar-refractivity contribution in [3.63, 3.8) is 0 Å². The largest absolute Gasteiger partial charge is 0.396 e. The first-order valence-electron chi connectivity index (χ1n) is 10.6. The van der Waals surface area contributed by atoms with Crippen molar-refractivity contribution in [1.82, 2.24) is 19.9 Å². The lowest BCUT2D eigenvalue weighted by atomic mass is 10.0. The van der Waals surface area contributed by atoms with Gasteiger partial charge in [-0.25, -0.2) is 18.7 Å². The average Bonchev–Trinajstić information content (AvgIpc) is 3.45. The number of ketones is 1. The van der Waals surface area contributed by atoms with Crippen molar-refractivity contribution in [2.45, 2.75) is 19.0 Å². The van der Waals surface area contributed by atoms with Gasteiger partial charge in [-0.1, -0.05) is 30.3 Å². The van der Waals surface area contributed by atoms with Crippen molar-refractivity contribution in [3.8, 4) is 0 Å². The lowest BCUT2D eigenvalue weighted by Gasteiger charge is -2.17. The van der Waals surface area contributed by atoms with Gasteiger partial charge in [-0.2, -0.15) is 0 Å². The molecule has 2 aromatic heterocycles. The molecule has 9 heteroatoms. The highest BCUT2D eigenvalue weighted by Crippen LogP contribution is 2.29. The number of nitrogen functional groups attached to an aromatic ring is 1. The second kappa shape index (κ2) is 8.59. The molecule has 1 aliphatic heterocycles. The fourth-order valence-corrected chi connectivity index (χ4v) is 4.29. The molecule has 5 rings (SSSR count). The first-order chi connectivity index (χ1) is 16.0. The quantitative estimate of drug-likeness (QED) is 0.307. The number of likely N-dealkylation sites (tertiary alicyclic amines) is 1. The molecule has 1 unspecified atom stereocenters. The number of fused-ring (bicyclic) bond motifs is 1. The summed E-state index contributed by atoms with van der Waals surface area (Å²) < 4.78 is 28.9. The van der Waals surface area contributed by atoms with Gasteiger partial charge in [0.05, 0.1) is 22.2 Å². The van der Waals surface area contributed by atoms with E-state index in [0.717, 1.165) is 38.2 Å². The van der Waals surface area contributed by atoms with Gasteiger partial charge < -0.3 is 16.0 Å². The van der Waals surface area contributed by atoms with Gasteiger partial charge in [0.15, 0.2) is 5.82 Å². The van der Waals surface area contributed by atoms with Crippen LogP contribution < -0.4 is 11.1 Å². The molecule has 33 heavy (non-hydrogen) atoms. The molecule has 0 amide bonds. The fourth-order valence-electron chi connectivity index (χ4n) is 4.29. The molecule has 0 aliphatic carbocycles. The van der Waals surface area contributed by atoms with E-state index in [1.807, 2.05) is 18.2 Å². The number of carbonyl (C=O) groups excluding carboxylic acids is 1. The van der Waals surface area contributed by atoms with Crippen LogP contribution in [-0.2, 0) is 6.54 Å². The summed E-state index contributed by atoms with van der Waals surface area (Å²) in [6.45, 7) is 2.56. The van der Waals surface area contributed by atoms with Gasteiger partial charge in [-0.3, -0.25) is 9.69 Å². The summed E-state index contributed by atoms with van der Waals surface area (Å²) in [5.41, 5.74) is 6.29. The van der Waals surface area contributed by atoms with E-state index in [1.165, 1.54) is 18.1 Å². The van der Waals surface area contributed by atoms with Gasteiger partial charge >= 0.3 is 0 Å². The number of nitrogens with one attached hydrogen (secondary N) is 2. The second-order valence-corrected chi connectivity index (χ2v) is 8.15. The van der Waals surface area contributed by atoms with Crippen molar-refractivity contribution in [3.05, 3.63) is 83.3 Å². The molecule has 3 heterocycles. The Balaban J connectivity index is 1.41. The summed E-state index contributed by atoms with van der Waals surface area (Å²) in [7, 11) is 0. The number of nitrogens with two attached hydrogens (primary N) is 1. The predicted molar refractivity (Wildman–Crippen MR) is 122 cm³/mol. The summed E-state index contributed by atoms with van der Waals surface area (Å²) >= 11 is 0. The van der Waals surface area contributed by atoms with Crippen LogP contribution in [0.25, 0.3) is 11.0 Å². The van der Waals surface area contributed by atoms with Crippen LogP contribution >= 0.6 is 0 Å². The van der Waals surface area contributed by atoms with Gasteiger partial charge in [-0.15, -0.1) is 0 Å². The number of benzene rings is 2. The first-order valence-corrected chi connectivity index (χ1v) is 10.6. The SMILES string of the molecule is Nc1ccc(F)c(C(=O)c2c[nH]c3ncnc(NC4CCN(Cc5ccccc5)C4)c23)c1F. The minimum atomic E-state index is -1.08. The number of aromatic amines is 1. The zero-order valence-corrected chi connectivity index (χ0v) is 17.7. The number of aromatic nitrogens is 3. The number of hydrogen-bond donors (Lipinski definition) is 3. The Labute approximate surface area is 188 Å². The third-order valence-corrected chi connectivity index (χ3v) is 5.92. The van der Waals surface area contributed by atoms with E-state index in [0.29, 0.717) is 16.9 Å². The van der Waals surface area contributed by atoms with Crippen LogP contribution in [0.15, 0.2) is 55.0 Å². The Morgan fingerprint density at radius 3 is 2.82 bits per heavy atom. The van der Waals surface area contributed by atoms with Crippen LogP contribution in [0.4, 0.5) is 20.3 Å². The average molecular weight is 448 g/mol. The summed E-state index contributed by atoms with van der Waals surface area (Å²) in [5, 5.41) is 3.79. The number of halogens is 2. The summed E-state index contributed by atoms with van der Waals surface area (Å²) in [6.07, 6.45) is 3.67. The number of anilines is 2. The van der Waals surface area contributed by atoms with E-state index in [-0.39, 0.29) is 17.3 Å². The zero-order valence-electron chi connectivity index (χ0n) is 17.7. The molecule has 4 aromatic rings. The highest BCUT2D eigenvalue weighted by molar-refractivity contribution is 6.18. The molecule has 1 fully saturated rings. The van der Waals surface area contributed by atoms with Gasteiger partial charge in [-0.05, 0) is 24.1 Å². The van der Waals surface area contributed by atoms with Crippen molar-refractivity contribution in [1.29, 1.82) is 0 Å². The standard InChI is InChI=1S/C24H22F2N6O/c25-17-6-7-18(27)21(26)20(17)22(33)16-10-28-23-19(16)24(30-13-29-23)31-15-8-9-32(12-15)11-14-4-2-1-3-5-14/h1-7,10,13,15H,8-9,11-12,27H2,(H2,28,29,30,31). The third-order valence-electron chi connectivity index (χ3n) is 5.92. The van der Waals surface area contributed by atoms with Crippen LogP contribution in [0, 0.1) is 11.6 Å². The number of carbonyl (C=O) groups is 1. The molecule has 1 saturated heterocycles. The fraction of sp³-hybridized carbons (Fsp3) is 0.208. The number of nitrogens with zero attached hydrogens (tertiary/aromatic N) is 3. The molecule has 2 aromatic carbocycles. The van der Waals surface area contributed by atoms with Crippen molar-refractivity contribution in [2.75, 3.05) is 24.1 Å². The van der Waals surface area contributed by atoms with E-state index >= 15 is 0 Å². The second-order valence-electron chi connectivity index (χ2n) is 8.15. The Morgan fingerprint density at radius 1 is 1.18 bits per heavy atom. The maximum atomic E-state index is 14.5. The van der Waals surface area contributed by atoms with Gasteiger partial charge in [0, 0.05) is 31.9 Å². The molecule has 0 bridgehead atoms. The summed E-state index contributed by atoms with van der Waals surface area (Å²) in [4.78, 5) is 26.8. The maximum Gasteiger partial charge on any atom is 0.201 e. The molecule has 0 saturated carbocycles. The van der Waals surface area contributed by atoms with Crippen molar-refractivity contribution >= 4 is 28.3 Å². The van der Waals surface area contributed by atoms with Crippen LogP contribution in [0.1, 0.15) is 27.9 Å². The van der Waals surface area contributed by atoms with Crippen LogP contribution in [-0.4, -0.2) is 44.8 Å². The zero-order chi connectivity index (χ0) is 22.9. The molecule has 7 nitrogen and oxygen atoms in total. The first kappa shape index (κ1) is 21.0. The lowest BCUT2D eigenvalue weighted by molar-refractivity contribution is 0.103. The van der Waals surface area contributed by atoms with Crippen molar-refractivity contribution in [2.24, 2.45) is 0 Å². The number of hydrogen-bond acceptors (Lipinski definition) is 6. The highest BCUT2D eigenvalue weighted by atomic mass is 19.1. The molecule has 168 valence electrons. The van der Waals surface area contributed by atoms with Crippen LogP contribution in [0.2, 0.25) is 0 Å². The number of rotatable bonds is 6. The van der Waals surface area contributed by atoms with E-state index in [2.05, 4.69) is 37.3 Å². The Bertz CT molecular complexity index is 1320. The summed E-state index contributed by atoms with van der Waals surface area (Å²) in [6, 6.07) is 12.4. The van der Waals surface area contributed by atoms with Gasteiger partial charge in [0.1, 0.15) is 23.6 Å². The van der Waals surface area contributed by atoms with E-state index in [4.69, 9.17) is 5.73 Å². The third kappa shape index (κ3) is 4.03. The molecule has 4 N–H and O–H groups in total. The smallest absolute Gasteiger partial charge is 0.201 e. The molecule has 0 radical (unpaired) electrons. The minimum absolute atomic E-state index is 0.0793. The van der Waals surface area contributed by atoms with Crippen LogP contribution in [0.5, 0.6) is 0 Å². The normalized spacial score (nSPS) is 16.4. The lowest BCUT2D eigenvalue weighted by Crippen LogP contribution is -2.26. The van der Waals surface area contributed by atoms with E-state index < -0.39 is 23.0 Å². The molecular weight excluding hydrogens is 426 g/mol.